The Balaban J connectivity index is 1.45. The topological polar surface area (TPSA) is 77.5 Å². The fourth-order valence-electron chi connectivity index (χ4n) is 5.04. The second kappa shape index (κ2) is 10.4. The van der Waals surface area contributed by atoms with Gasteiger partial charge in [0.25, 0.3) is 0 Å². The third-order valence-corrected chi connectivity index (χ3v) is 7.77. The predicted octanol–water partition coefficient (Wildman–Crippen LogP) is 8.82. The van der Waals surface area contributed by atoms with Crippen molar-refractivity contribution < 1.29 is 19.2 Å². The van der Waals surface area contributed by atoms with Gasteiger partial charge < -0.3 is 18.9 Å². The number of carbonyl (C=O) groups is 1. The molecule has 200 valence electrons. The average molecular weight is 563 g/mol. The first-order valence-electron chi connectivity index (χ1n) is 12.6. The van der Waals surface area contributed by atoms with Gasteiger partial charge in [-0.3, -0.25) is 0 Å². The molecule has 0 amide bonds. The van der Waals surface area contributed by atoms with E-state index in [1.807, 2.05) is 75.7 Å². The number of benzene rings is 3. The first-order chi connectivity index (χ1) is 18.6. The lowest BCUT2D eigenvalue weighted by molar-refractivity contribution is 0.0698. The molecule has 5 aromatic rings. The van der Waals surface area contributed by atoms with Crippen LogP contribution in [0.15, 0.2) is 59.1 Å². The van der Waals surface area contributed by atoms with E-state index in [0.29, 0.717) is 32.6 Å². The number of hydrogen-bond acceptors (Lipinski definition) is 4. The summed E-state index contributed by atoms with van der Waals surface area (Å²) in [5.74, 6) is 0.596. The molecule has 39 heavy (non-hydrogen) atoms. The van der Waals surface area contributed by atoms with Crippen LogP contribution in [-0.2, 0) is 13.7 Å². The Bertz CT molecular complexity index is 1710. The van der Waals surface area contributed by atoms with Gasteiger partial charge in [-0.15, -0.1) is 0 Å². The molecule has 0 unspecified atom stereocenters. The molecular formula is C31H28Cl2N2O4. The first-order valence-corrected chi connectivity index (χ1v) is 13.3. The van der Waals surface area contributed by atoms with Crippen molar-refractivity contribution in [1.82, 2.24) is 9.72 Å². The van der Waals surface area contributed by atoms with E-state index >= 15 is 0 Å². The smallest absolute Gasteiger partial charge is 0.338 e. The number of aryl methyl sites for hydroxylation is 2. The molecule has 1 N–H and O–H groups in total. The molecule has 2 heterocycles. The second-order valence-electron chi connectivity index (χ2n) is 9.95. The number of halogens is 2. The van der Waals surface area contributed by atoms with Gasteiger partial charge in [0.05, 0.1) is 21.2 Å². The van der Waals surface area contributed by atoms with Crippen molar-refractivity contribution in [3.63, 3.8) is 0 Å². The van der Waals surface area contributed by atoms with Crippen LogP contribution >= 0.6 is 23.2 Å². The lowest BCUT2D eigenvalue weighted by Gasteiger charge is -2.13. The molecule has 5 rings (SSSR count). The highest BCUT2D eigenvalue weighted by molar-refractivity contribution is 6.39. The molecule has 0 radical (unpaired) electrons. The molecule has 0 spiro atoms. The van der Waals surface area contributed by atoms with Crippen molar-refractivity contribution in [3.05, 3.63) is 92.8 Å². The van der Waals surface area contributed by atoms with Gasteiger partial charge in [-0.05, 0) is 60.9 Å². The molecule has 0 aliphatic rings. The van der Waals surface area contributed by atoms with E-state index in [-0.39, 0.29) is 12.5 Å². The van der Waals surface area contributed by atoms with Crippen LogP contribution in [0.1, 0.15) is 52.7 Å². The lowest BCUT2D eigenvalue weighted by Crippen LogP contribution is -2.01. The van der Waals surface area contributed by atoms with Gasteiger partial charge in [0.15, 0.2) is 0 Å². The third kappa shape index (κ3) is 4.79. The number of hydrogen-bond donors (Lipinski definition) is 1. The van der Waals surface area contributed by atoms with E-state index in [4.69, 9.17) is 32.5 Å². The summed E-state index contributed by atoms with van der Waals surface area (Å²) in [4.78, 5) is 11.8. The molecular weight excluding hydrogens is 535 g/mol. The maximum atomic E-state index is 11.8. The zero-order chi connectivity index (χ0) is 28.0. The number of aromatic carboxylic acids is 1. The maximum absolute atomic E-state index is 11.8. The fourth-order valence-corrected chi connectivity index (χ4v) is 5.62. The maximum Gasteiger partial charge on any atom is 0.338 e. The van der Waals surface area contributed by atoms with Crippen LogP contribution in [0.4, 0.5) is 0 Å². The Labute approximate surface area is 236 Å². The molecule has 0 fully saturated rings. The molecule has 0 aliphatic heterocycles. The molecule has 3 aromatic carbocycles. The number of ether oxygens (including phenoxy) is 1. The first kappa shape index (κ1) is 26.9. The minimum atomic E-state index is -0.919. The zero-order valence-electron chi connectivity index (χ0n) is 22.3. The summed E-state index contributed by atoms with van der Waals surface area (Å²) in [6, 6.07) is 17.1. The fraction of sp³-hybridized carbons (Fsp3) is 0.226. The third-order valence-electron chi connectivity index (χ3n) is 7.14. The summed E-state index contributed by atoms with van der Waals surface area (Å²) in [6.45, 7) is 8.15. The average Bonchev–Trinajstić information content (AvgIpc) is 3.41. The largest absolute Gasteiger partial charge is 0.489 e. The summed E-state index contributed by atoms with van der Waals surface area (Å²) in [7, 11) is 1.89. The Hall–Kier alpha value is -3.74. The van der Waals surface area contributed by atoms with Crippen molar-refractivity contribution in [2.45, 2.75) is 40.2 Å². The number of aromatic nitrogens is 2. The van der Waals surface area contributed by atoms with E-state index < -0.39 is 5.97 Å². The van der Waals surface area contributed by atoms with Crippen LogP contribution in [0.3, 0.4) is 0 Å². The van der Waals surface area contributed by atoms with Crippen LogP contribution < -0.4 is 4.74 Å². The standard InChI is InChI=1S/C31H28Cl2N2O4/c1-16(2)30-23(29(34-39-30)28-24(32)7-6-8-25(28)33)15-38-20-10-12-21(17(3)13-20)19-9-11-22-26(14-19)35(5)18(4)27(22)31(36)37/h6-14,16H,15H2,1-5H3,(H,36,37). The Kier molecular flexibility index (Phi) is 7.19. The molecule has 0 atom stereocenters. The molecule has 0 saturated heterocycles. The minimum Gasteiger partial charge on any atom is -0.489 e. The Morgan fingerprint density at radius 2 is 1.79 bits per heavy atom. The summed E-state index contributed by atoms with van der Waals surface area (Å²) in [6.07, 6.45) is 0. The Morgan fingerprint density at radius 1 is 1.08 bits per heavy atom. The molecule has 0 bridgehead atoms. The molecule has 6 nitrogen and oxygen atoms in total. The number of carboxylic acids is 1. The summed E-state index contributed by atoms with van der Waals surface area (Å²) in [5.41, 5.74) is 7.02. The summed E-state index contributed by atoms with van der Waals surface area (Å²) >= 11 is 12.9. The highest BCUT2D eigenvalue weighted by Crippen LogP contribution is 2.39. The predicted molar refractivity (Wildman–Crippen MR) is 155 cm³/mol. The quantitative estimate of drug-likeness (QED) is 0.214. The minimum absolute atomic E-state index is 0.0907. The van der Waals surface area contributed by atoms with Gasteiger partial charge in [-0.1, -0.05) is 66.5 Å². The highest BCUT2D eigenvalue weighted by Gasteiger charge is 2.24. The van der Waals surface area contributed by atoms with Crippen LogP contribution in [0.25, 0.3) is 33.3 Å². The van der Waals surface area contributed by atoms with Crippen molar-refractivity contribution >= 4 is 40.1 Å². The van der Waals surface area contributed by atoms with Gasteiger partial charge >= 0.3 is 5.97 Å². The molecule has 0 aliphatic carbocycles. The van der Waals surface area contributed by atoms with E-state index in [9.17, 15) is 9.90 Å². The van der Waals surface area contributed by atoms with Gasteiger partial charge in [0.1, 0.15) is 23.8 Å². The van der Waals surface area contributed by atoms with E-state index in [1.165, 1.54) is 0 Å². The van der Waals surface area contributed by atoms with Crippen LogP contribution in [0.5, 0.6) is 5.75 Å². The summed E-state index contributed by atoms with van der Waals surface area (Å²) < 4.78 is 13.8. The molecule has 0 saturated carbocycles. The molecule has 8 heteroatoms. The van der Waals surface area contributed by atoms with Crippen LogP contribution in [0, 0.1) is 13.8 Å². The zero-order valence-corrected chi connectivity index (χ0v) is 23.8. The van der Waals surface area contributed by atoms with Crippen molar-refractivity contribution in [3.8, 4) is 28.1 Å². The van der Waals surface area contributed by atoms with Gasteiger partial charge in [-0.2, -0.15) is 0 Å². The number of fused-ring (bicyclic) bond motifs is 1. The van der Waals surface area contributed by atoms with Crippen LogP contribution in [-0.4, -0.2) is 20.8 Å². The second-order valence-corrected chi connectivity index (χ2v) is 10.8. The molecule has 2 aromatic heterocycles. The highest BCUT2D eigenvalue weighted by atomic mass is 35.5. The van der Waals surface area contributed by atoms with E-state index in [0.717, 1.165) is 44.6 Å². The van der Waals surface area contributed by atoms with Gasteiger partial charge in [0, 0.05) is 35.1 Å². The van der Waals surface area contributed by atoms with Gasteiger partial charge in [-0.25, -0.2) is 4.79 Å². The Morgan fingerprint density at radius 3 is 2.44 bits per heavy atom. The normalized spacial score (nSPS) is 11.5. The van der Waals surface area contributed by atoms with E-state index in [1.54, 1.807) is 18.2 Å². The van der Waals surface area contributed by atoms with E-state index in [2.05, 4.69) is 5.16 Å². The van der Waals surface area contributed by atoms with Crippen molar-refractivity contribution in [1.29, 1.82) is 0 Å². The monoisotopic (exact) mass is 562 g/mol. The van der Waals surface area contributed by atoms with Crippen molar-refractivity contribution in [2.75, 3.05) is 0 Å². The summed E-state index contributed by atoms with van der Waals surface area (Å²) in [5, 5.41) is 15.7. The van der Waals surface area contributed by atoms with Crippen molar-refractivity contribution in [2.24, 2.45) is 7.05 Å². The number of rotatable bonds is 7. The van der Waals surface area contributed by atoms with Gasteiger partial charge in [0.2, 0.25) is 0 Å². The van der Waals surface area contributed by atoms with Crippen LogP contribution in [0.2, 0.25) is 10.0 Å². The lowest BCUT2D eigenvalue weighted by atomic mass is 9.98. The SMILES string of the molecule is Cc1cc(OCc2c(-c3c(Cl)cccc3Cl)noc2C(C)C)ccc1-c1ccc2c(C(=O)O)c(C)n(C)c2c1. The number of carboxylic acid groups (broad SMARTS) is 1. The number of nitrogens with zero attached hydrogens (tertiary/aromatic N) is 2.